The second-order valence-electron chi connectivity index (χ2n) is 6.00. The predicted molar refractivity (Wildman–Crippen MR) is 79.6 cm³/mol. The van der Waals surface area contributed by atoms with Crippen LogP contribution in [0.3, 0.4) is 0 Å². The molecule has 4 heteroatoms. The van der Waals surface area contributed by atoms with Crippen molar-refractivity contribution in [2.75, 3.05) is 40.4 Å². The lowest BCUT2D eigenvalue weighted by Crippen LogP contribution is -2.42. The van der Waals surface area contributed by atoms with E-state index in [-0.39, 0.29) is 12.2 Å². The molecule has 0 amide bonds. The molecule has 4 nitrogen and oxygen atoms in total. The molecule has 3 unspecified atom stereocenters. The van der Waals surface area contributed by atoms with Gasteiger partial charge in [-0.2, -0.15) is 0 Å². The van der Waals surface area contributed by atoms with Crippen LogP contribution in [0, 0.1) is 5.92 Å². The maximum atomic E-state index is 5.53. The first kappa shape index (κ1) is 16.9. The molecule has 1 aliphatic rings. The van der Waals surface area contributed by atoms with Gasteiger partial charge in [0.1, 0.15) is 0 Å². The number of methoxy groups -OCH3 is 2. The van der Waals surface area contributed by atoms with E-state index in [0.29, 0.717) is 12.0 Å². The van der Waals surface area contributed by atoms with Crippen molar-refractivity contribution >= 4 is 0 Å². The van der Waals surface area contributed by atoms with Gasteiger partial charge in [-0.1, -0.05) is 27.2 Å². The molecule has 0 aromatic heterocycles. The normalized spacial score (nSPS) is 26.2. The Morgan fingerprint density at radius 2 is 1.68 bits per heavy atom. The second-order valence-corrected chi connectivity index (χ2v) is 6.00. The number of rotatable bonds is 9. The molecule has 1 N–H and O–H groups in total. The Bertz CT molecular complexity index is 224. The Morgan fingerprint density at radius 3 is 2.11 bits per heavy atom. The van der Waals surface area contributed by atoms with Crippen molar-refractivity contribution in [2.24, 2.45) is 5.92 Å². The summed E-state index contributed by atoms with van der Waals surface area (Å²) in [6.07, 6.45) is 2.89. The maximum Gasteiger partial charge on any atom is 0.0971 e. The number of nitrogens with one attached hydrogen (secondary N) is 1. The van der Waals surface area contributed by atoms with E-state index in [2.05, 4.69) is 31.0 Å². The molecule has 0 radical (unpaired) electrons. The average Bonchev–Trinajstić information content (AvgIpc) is 2.80. The molecule has 1 fully saturated rings. The lowest BCUT2D eigenvalue weighted by molar-refractivity contribution is -0.00461. The third-order valence-corrected chi connectivity index (χ3v) is 3.92. The van der Waals surface area contributed by atoms with Crippen LogP contribution in [0.15, 0.2) is 0 Å². The van der Waals surface area contributed by atoms with Gasteiger partial charge in [-0.05, 0) is 18.9 Å². The summed E-state index contributed by atoms with van der Waals surface area (Å²) in [5.41, 5.74) is 0. The molecule has 0 bridgehead atoms. The first-order valence-corrected chi connectivity index (χ1v) is 7.62. The second kappa shape index (κ2) is 8.90. The third-order valence-electron chi connectivity index (χ3n) is 3.92. The number of hydrogen-bond acceptors (Lipinski definition) is 4. The SMILES string of the molecule is CCCC(CNCC(C)C)N1CC(OC)C(OC)C1. The molecule has 0 aromatic rings. The van der Waals surface area contributed by atoms with Crippen molar-refractivity contribution in [3.8, 4) is 0 Å². The largest absolute Gasteiger partial charge is 0.377 e. The summed E-state index contributed by atoms with van der Waals surface area (Å²) in [5.74, 6) is 0.708. The van der Waals surface area contributed by atoms with Crippen molar-refractivity contribution < 1.29 is 9.47 Å². The molecule has 1 aliphatic heterocycles. The topological polar surface area (TPSA) is 33.7 Å². The molecular formula is C15H32N2O2. The van der Waals surface area contributed by atoms with Gasteiger partial charge in [-0.3, -0.25) is 4.90 Å². The minimum atomic E-state index is 0.217. The molecule has 1 rings (SSSR count). The van der Waals surface area contributed by atoms with Gasteiger partial charge in [0.15, 0.2) is 0 Å². The summed E-state index contributed by atoms with van der Waals surface area (Å²) in [7, 11) is 3.57. The van der Waals surface area contributed by atoms with E-state index >= 15 is 0 Å². The van der Waals surface area contributed by atoms with E-state index in [0.717, 1.165) is 26.2 Å². The summed E-state index contributed by atoms with van der Waals surface area (Å²) in [5, 5.41) is 3.59. The molecule has 0 aliphatic carbocycles. The van der Waals surface area contributed by atoms with Crippen LogP contribution in [0.1, 0.15) is 33.6 Å². The fraction of sp³-hybridized carbons (Fsp3) is 1.00. The lowest BCUT2D eigenvalue weighted by Gasteiger charge is -2.28. The standard InChI is InChI=1S/C15H32N2O2/c1-6-7-13(9-16-8-12(2)3)17-10-14(18-4)15(11-17)19-5/h12-16H,6-11H2,1-5H3. The van der Waals surface area contributed by atoms with Gasteiger partial charge < -0.3 is 14.8 Å². The van der Waals surface area contributed by atoms with Crippen molar-refractivity contribution in [1.29, 1.82) is 0 Å². The van der Waals surface area contributed by atoms with Crippen molar-refractivity contribution in [2.45, 2.75) is 51.9 Å². The van der Waals surface area contributed by atoms with E-state index in [1.54, 1.807) is 14.2 Å². The highest BCUT2D eigenvalue weighted by molar-refractivity contribution is 4.90. The smallest absolute Gasteiger partial charge is 0.0971 e. The fourth-order valence-electron chi connectivity index (χ4n) is 2.81. The highest BCUT2D eigenvalue weighted by Crippen LogP contribution is 2.20. The molecule has 1 saturated heterocycles. The number of hydrogen-bond donors (Lipinski definition) is 1. The van der Waals surface area contributed by atoms with Crippen LogP contribution in [0.2, 0.25) is 0 Å². The minimum Gasteiger partial charge on any atom is -0.377 e. The van der Waals surface area contributed by atoms with E-state index < -0.39 is 0 Å². The van der Waals surface area contributed by atoms with Crippen LogP contribution in [-0.2, 0) is 9.47 Å². The first-order valence-electron chi connectivity index (χ1n) is 7.62. The maximum absolute atomic E-state index is 5.53. The zero-order chi connectivity index (χ0) is 14.3. The summed E-state index contributed by atoms with van der Waals surface area (Å²) < 4.78 is 11.1. The monoisotopic (exact) mass is 272 g/mol. The van der Waals surface area contributed by atoms with E-state index in [1.807, 2.05) is 0 Å². The van der Waals surface area contributed by atoms with Crippen LogP contribution in [0.5, 0.6) is 0 Å². The molecule has 0 aromatic carbocycles. The quantitative estimate of drug-likeness (QED) is 0.693. The Labute approximate surface area is 118 Å². The fourth-order valence-corrected chi connectivity index (χ4v) is 2.81. The molecule has 3 atom stereocenters. The molecule has 0 saturated carbocycles. The van der Waals surface area contributed by atoms with Crippen LogP contribution in [0.4, 0.5) is 0 Å². The number of nitrogens with zero attached hydrogens (tertiary/aromatic N) is 1. The molecule has 1 heterocycles. The molecule has 0 spiro atoms. The van der Waals surface area contributed by atoms with Crippen LogP contribution in [-0.4, -0.2) is 63.5 Å². The zero-order valence-electron chi connectivity index (χ0n) is 13.3. The Hall–Kier alpha value is -0.160. The minimum absolute atomic E-state index is 0.217. The zero-order valence-corrected chi connectivity index (χ0v) is 13.3. The summed E-state index contributed by atoms with van der Waals surface area (Å²) in [6, 6.07) is 0.599. The number of ether oxygens (including phenoxy) is 2. The molecular weight excluding hydrogens is 240 g/mol. The van der Waals surface area contributed by atoms with Gasteiger partial charge in [-0.25, -0.2) is 0 Å². The molecule has 19 heavy (non-hydrogen) atoms. The van der Waals surface area contributed by atoms with Crippen LogP contribution >= 0.6 is 0 Å². The average molecular weight is 272 g/mol. The van der Waals surface area contributed by atoms with Gasteiger partial charge in [-0.15, -0.1) is 0 Å². The highest BCUT2D eigenvalue weighted by atomic mass is 16.5. The van der Waals surface area contributed by atoms with Crippen molar-refractivity contribution in [1.82, 2.24) is 10.2 Å². The van der Waals surface area contributed by atoms with E-state index in [4.69, 9.17) is 9.47 Å². The van der Waals surface area contributed by atoms with Crippen molar-refractivity contribution in [3.63, 3.8) is 0 Å². The van der Waals surface area contributed by atoms with E-state index in [9.17, 15) is 0 Å². The summed E-state index contributed by atoms with van der Waals surface area (Å²) >= 11 is 0. The molecule has 114 valence electrons. The van der Waals surface area contributed by atoms with Gasteiger partial charge in [0.25, 0.3) is 0 Å². The van der Waals surface area contributed by atoms with Gasteiger partial charge in [0.05, 0.1) is 12.2 Å². The summed E-state index contributed by atoms with van der Waals surface area (Å²) in [6.45, 7) is 10.9. The predicted octanol–water partition coefficient (Wildman–Crippen LogP) is 1.75. The third kappa shape index (κ3) is 5.38. The highest BCUT2D eigenvalue weighted by Gasteiger charge is 2.35. The Kier molecular flexibility index (Phi) is 7.91. The summed E-state index contributed by atoms with van der Waals surface area (Å²) in [4.78, 5) is 2.53. The van der Waals surface area contributed by atoms with Gasteiger partial charge in [0, 0.05) is 39.9 Å². The first-order chi connectivity index (χ1) is 9.12. The van der Waals surface area contributed by atoms with Crippen LogP contribution < -0.4 is 5.32 Å². The van der Waals surface area contributed by atoms with Gasteiger partial charge in [0.2, 0.25) is 0 Å². The van der Waals surface area contributed by atoms with Crippen LogP contribution in [0.25, 0.3) is 0 Å². The van der Waals surface area contributed by atoms with Gasteiger partial charge >= 0.3 is 0 Å². The van der Waals surface area contributed by atoms with Crippen molar-refractivity contribution in [3.05, 3.63) is 0 Å². The number of likely N-dealkylation sites (tertiary alicyclic amines) is 1. The van der Waals surface area contributed by atoms with E-state index in [1.165, 1.54) is 12.8 Å². The Morgan fingerprint density at radius 1 is 1.11 bits per heavy atom. The Balaban J connectivity index is 2.47. The lowest BCUT2D eigenvalue weighted by atomic mass is 10.1.